The second kappa shape index (κ2) is 4.82. The fourth-order valence-electron chi connectivity index (χ4n) is 1.20. The first-order valence-corrected chi connectivity index (χ1v) is 4.54. The second-order valence-electron chi connectivity index (χ2n) is 3.35. The lowest BCUT2D eigenvalue weighted by Crippen LogP contribution is -2.25. The molecule has 0 saturated heterocycles. The van der Waals surface area contributed by atoms with Gasteiger partial charge in [-0.3, -0.25) is 14.9 Å². The Hall–Kier alpha value is -1.79. The third-order valence-corrected chi connectivity index (χ3v) is 2.16. The molecule has 0 aliphatic rings. The van der Waals surface area contributed by atoms with Crippen molar-refractivity contribution in [2.24, 2.45) is 0 Å². The summed E-state index contributed by atoms with van der Waals surface area (Å²) in [5, 5.41) is 29.2. The first-order chi connectivity index (χ1) is 7.43. The minimum absolute atomic E-state index is 0.117. The van der Waals surface area contributed by atoms with Gasteiger partial charge in [-0.25, -0.2) is 0 Å². The van der Waals surface area contributed by atoms with Crippen molar-refractivity contribution in [2.45, 2.75) is 19.1 Å². The molecule has 0 heterocycles. The molecule has 1 aromatic rings. The summed E-state index contributed by atoms with van der Waals surface area (Å²) in [6, 6.07) is 5.00. The Balaban J connectivity index is 2.89. The molecule has 86 valence electrons. The number of non-ortho nitro benzene ring substituents is 1. The van der Waals surface area contributed by atoms with Crippen LogP contribution in [0.15, 0.2) is 24.3 Å². The molecule has 6 heteroatoms. The van der Waals surface area contributed by atoms with Crippen LogP contribution in [0.25, 0.3) is 0 Å². The minimum atomic E-state index is -1.51. The number of aliphatic hydroxyl groups excluding tert-OH is 2. The summed E-state index contributed by atoms with van der Waals surface area (Å²) in [5.41, 5.74) is 0.140. The highest BCUT2D eigenvalue weighted by molar-refractivity contribution is 5.81. The number of Topliss-reactive ketones (excluding diaryl/α,β-unsaturated/α-hetero) is 1. The van der Waals surface area contributed by atoms with Crippen LogP contribution in [0, 0.1) is 10.1 Å². The molecule has 0 amide bonds. The summed E-state index contributed by atoms with van der Waals surface area (Å²) in [4.78, 5) is 20.6. The van der Waals surface area contributed by atoms with Gasteiger partial charge in [0.1, 0.15) is 12.2 Å². The van der Waals surface area contributed by atoms with Crippen molar-refractivity contribution in [1.29, 1.82) is 0 Å². The van der Waals surface area contributed by atoms with Gasteiger partial charge in [-0.15, -0.1) is 0 Å². The molecule has 16 heavy (non-hydrogen) atoms. The van der Waals surface area contributed by atoms with Crippen molar-refractivity contribution in [1.82, 2.24) is 0 Å². The molecule has 0 saturated carbocycles. The Morgan fingerprint density at radius 1 is 1.31 bits per heavy atom. The highest BCUT2D eigenvalue weighted by Gasteiger charge is 2.22. The Morgan fingerprint density at radius 3 is 2.19 bits per heavy atom. The average Bonchev–Trinajstić information content (AvgIpc) is 2.27. The van der Waals surface area contributed by atoms with Crippen molar-refractivity contribution < 1.29 is 19.9 Å². The number of carbonyl (C=O) groups is 1. The molecule has 0 unspecified atom stereocenters. The zero-order valence-electron chi connectivity index (χ0n) is 8.53. The molecule has 0 aliphatic carbocycles. The monoisotopic (exact) mass is 225 g/mol. The highest BCUT2D eigenvalue weighted by Crippen LogP contribution is 2.20. The van der Waals surface area contributed by atoms with Gasteiger partial charge in [0, 0.05) is 12.1 Å². The van der Waals surface area contributed by atoms with Gasteiger partial charge in [-0.1, -0.05) is 0 Å². The number of carbonyl (C=O) groups excluding carboxylic acids is 1. The third-order valence-electron chi connectivity index (χ3n) is 2.16. The number of benzene rings is 1. The van der Waals surface area contributed by atoms with Gasteiger partial charge in [-0.05, 0) is 24.6 Å². The summed E-state index contributed by atoms with van der Waals surface area (Å²) in [5.74, 6) is -0.564. The summed E-state index contributed by atoms with van der Waals surface area (Å²) >= 11 is 0. The van der Waals surface area contributed by atoms with E-state index in [1.54, 1.807) is 0 Å². The standard InChI is InChI=1S/C10H11NO5/c1-6(12)9(13)10(14)7-2-4-8(5-3-7)11(15)16/h2-5,9-10,13-14H,1H3/t9-,10+/m0/s1. The lowest BCUT2D eigenvalue weighted by molar-refractivity contribution is -0.384. The minimum Gasteiger partial charge on any atom is -0.385 e. The number of nitro groups is 1. The van der Waals surface area contributed by atoms with Crippen molar-refractivity contribution in [2.75, 3.05) is 0 Å². The highest BCUT2D eigenvalue weighted by atomic mass is 16.6. The van der Waals surface area contributed by atoms with E-state index in [1.807, 2.05) is 0 Å². The van der Waals surface area contributed by atoms with E-state index >= 15 is 0 Å². The predicted octanol–water partition coefficient (Wildman–Crippen LogP) is 0.578. The molecule has 0 radical (unpaired) electrons. The predicted molar refractivity (Wildman–Crippen MR) is 54.7 cm³/mol. The van der Waals surface area contributed by atoms with Gasteiger partial charge in [-0.2, -0.15) is 0 Å². The van der Waals surface area contributed by atoms with E-state index < -0.39 is 22.9 Å². The first kappa shape index (κ1) is 12.3. The second-order valence-corrected chi connectivity index (χ2v) is 3.35. The largest absolute Gasteiger partial charge is 0.385 e. The number of ketones is 1. The van der Waals surface area contributed by atoms with Crippen LogP contribution in [-0.2, 0) is 4.79 Å². The molecule has 0 spiro atoms. The quantitative estimate of drug-likeness (QED) is 0.576. The Kier molecular flexibility index (Phi) is 3.70. The van der Waals surface area contributed by atoms with E-state index in [-0.39, 0.29) is 11.3 Å². The molecule has 6 nitrogen and oxygen atoms in total. The van der Waals surface area contributed by atoms with Crippen molar-refractivity contribution in [3.63, 3.8) is 0 Å². The zero-order valence-corrected chi connectivity index (χ0v) is 8.53. The fourth-order valence-corrected chi connectivity index (χ4v) is 1.20. The normalized spacial score (nSPS) is 14.2. The molecule has 0 bridgehead atoms. The maximum atomic E-state index is 10.8. The van der Waals surface area contributed by atoms with Crippen LogP contribution in [0.4, 0.5) is 5.69 Å². The lowest BCUT2D eigenvalue weighted by atomic mass is 10.0. The summed E-state index contributed by atoms with van der Waals surface area (Å²) in [6.45, 7) is 1.15. The van der Waals surface area contributed by atoms with Crippen LogP contribution in [-0.4, -0.2) is 27.0 Å². The molecule has 2 atom stereocenters. The van der Waals surface area contributed by atoms with E-state index in [4.69, 9.17) is 0 Å². The SMILES string of the molecule is CC(=O)[C@H](O)[C@H](O)c1ccc([N+](=O)[O-])cc1. The lowest BCUT2D eigenvalue weighted by Gasteiger charge is -2.14. The van der Waals surface area contributed by atoms with Gasteiger partial charge in [0.05, 0.1) is 4.92 Å². The molecule has 0 aromatic heterocycles. The van der Waals surface area contributed by atoms with Gasteiger partial charge >= 0.3 is 0 Å². The van der Waals surface area contributed by atoms with E-state index in [2.05, 4.69) is 0 Å². The molecule has 1 aromatic carbocycles. The number of nitrogens with zero attached hydrogens (tertiary/aromatic N) is 1. The Bertz CT molecular complexity index is 400. The molecule has 2 N–H and O–H groups in total. The molecule has 1 rings (SSSR count). The molecular weight excluding hydrogens is 214 g/mol. The van der Waals surface area contributed by atoms with E-state index in [0.29, 0.717) is 0 Å². The van der Waals surface area contributed by atoms with Gasteiger partial charge in [0.2, 0.25) is 0 Å². The number of hydrogen-bond acceptors (Lipinski definition) is 5. The number of nitro benzene ring substituents is 1. The van der Waals surface area contributed by atoms with Crippen LogP contribution in [0.5, 0.6) is 0 Å². The number of aliphatic hydroxyl groups is 2. The molecular formula is C10H11NO5. The zero-order chi connectivity index (χ0) is 12.3. The molecule has 0 aliphatic heterocycles. The summed E-state index contributed by atoms with van der Waals surface area (Å²) in [7, 11) is 0. The number of hydrogen-bond donors (Lipinski definition) is 2. The van der Waals surface area contributed by atoms with Crippen LogP contribution < -0.4 is 0 Å². The van der Waals surface area contributed by atoms with Gasteiger partial charge < -0.3 is 10.2 Å². The summed E-state index contributed by atoms with van der Waals surface area (Å²) in [6.07, 6.45) is -2.88. The fraction of sp³-hybridized carbons (Fsp3) is 0.300. The Labute approximate surface area is 91.3 Å². The maximum Gasteiger partial charge on any atom is 0.269 e. The van der Waals surface area contributed by atoms with E-state index in [1.165, 1.54) is 24.3 Å². The topological polar surface area (TPSA) is 101 Å². The smallest absolute Gasteiger partial charge is 0.269 e. The Morgan fingerprint density at radius 2 is 1.81 bits per heavy atom. The molecule has 0 fully saturated rings. The van der Waals surface area contributed by atoms with E-state index in [9.17, 15) is 25.1 Å². The van der Waals surface area contributed by atoms with Crippen LogP contribution in [0.1, 0.15) is 18.6 Å². The first-order valence-electron chi connectivity index (χ1n) is 4.54. The maximum absolute atomic E-state index is 10.8. The van der Waals surface area contributed by atoms with Crippen LogP contribution in [0.3, 0.4) is 0 Å². The van der Waals surface area contributed by atoms with Crippen molar-refractivity contribution in [3.05, 3.63) is 39.9 Å². The van der Waals surface area contributed by atoms with Crippen molar-refractivity contribution in [3.8, 4) is 0 Å². The average molecular weight is 225 g/mol. The third kappa shape index (κ3) is 2.62. The van der Waals surface area contributed by atoms with Gasteiger partial charge in [0.25, 0.3) is 5.69 Å². The van der Waals surface area contributed by atoms with Crippen LogP contribution >= 0.6 is 0 Å². The number of rotatable bonds is 4. The van der Waals surface area contributed by atoms with Gasteiger partial charge in [0.15, 0.2) is 5.78 Å². The summed E-state index contributed by atoms with van der Waals surface area (Å²) < 4.78 is 0. The van der Waals surface area contributed by atoms with Crippen LogP contribution in [0.2, 0.25) is 0 Å². The van der Waals surface area contributed by atoms with Crippen molar-refractivity contribution >= 4 is 11.5 Å². The van der Waals surface area contributed by atoms with E-state index in [0.717, 1.165) is 6.92 Å².